The molecule has 1 heterocycles. The minimum atomic E-state index is 0.578. The van der Waals surface area contributed by atoms with Gasteiger partial charge in [0.05, 0.1) is 6.54 Å². The first-order chi connectivity index (χ1) is 9.72. The maximum absolute atomic E-state index is 5.76. The molecule has 0 fully saturated rings. The highest BCUT2D eigenvalue weighted by Gasteiger charge is 2.12. The lowest BCUT2D eigenvalue weighted by Crippen LogP contribution is -2.25. The molecule has 20 heavy (non-hydrogen) atoms. The van der Waals surface area contributed by atoms with E-state index in [1.54, 1.807) is 0 Å². The van der Waals surface area contributed by atoms with Crippen molar-refractivity contribution in [3.63, 3.8) is 0 Å². The van der Waals surface area contributed by atoms with Gasteiger partial charge in [-0.05, 0) is 44.1 Å². The van der Waals surface area contributed by atoms with E-state index in [4.69, 9.17) is 4.42 Å². The van der Waals surface area contributed by atoms with Gasteiger partial charge in [0.15, 0.2) is 0 Å². The van der Waals surface area contributed by atoms with Crippen molar-refractivity contribution >= 4 is 15.9 Å². The Morgan fingerprint density at radius 3 is 2.55 bits per heavy atom. The van der Waals surface area contributed by atoms with Crippen LogP contribution in [-0.2, 0) is 6.54 Å². The van der Waals surface area contributed by atoms with Gasteiger partial charge in [0, 0.05) is 10.0 Å². The zero-order valence-corrected chi connectivity index (χ0v) is 13.6. The number of hydrogen-bond acceptors (Lipinski definition) is 4. The van der Waals surface area contributed by atoms with Crippen molar-refractivity contribution in [3.05, 3.63) is 34.6 Å². The van der Waals surface area contributed by atoms with Gasteiger partial charge in [-0.1, -0.05) is 35.8 Å². The molecule has 0 saturated heterocycles. The second-order valence-electron chi connectivity index (χ2n) is 4.79. The van der Waals surface area contributed by atoms with Gasteiger partial charge in [0.2, 0.25) is 11.8 Å². The van der Waals surface area contributed by atoms with Crippen LogP contribution in [0.2, 0.25) is 0 Å². The van der Waals surface area contributed by atoms with Crippen LogP contribution in [0.25, 0.3) is 11.5 Å². The quantitative estimate of drug-likeness (QED) is 0.762. The molecule has 2 aromatic rings. The van der Waals surface area contributed by atoms with Gasteiger partial charge < -0.3 is 4.42 Å². The number of nitrogens with zero attached hydrogens (tertiary/aromatic N) is 3. The summed E-state index contributed by atoms with van der Waals surface area (Å²) < 4.78 is 6.77. The van der Waals surface area contributed by atoms with E-state index in [0.717, 1.165) is 42.5 Å². The first-order valence-electron chi connectivity index (χ1n) is 7.03. The molecule has 0 bridgehead atoms. The molecule has 0 amide bonds. The molecule has 0 spiro atoms. The van der Waals surface area contributed by atoms with E-state index in [1.165, 1.54) is 0 Å². The van der Waals surface area contributed by atoms with Gasteiger partial charge in [-0.15, -0.1) is 10.2 Å². The Kier molecular flexibility index (Phi) is 5.73. The molecule has 1 aromatic carbocycles. The zero-order chi connectivity index (χ0) is 14.4. The van der Waals surface area contributed by atoms with Crippen LogP contribution in [0.4, 0.5) is 0 Å². The molecular weight excluding hydrogens is 318 g/mol. The van der Waals surface area contributed by atoms with E-state index >= 15 is 0 Å². The summed E-state index contributed by atoms with van der Waals surface area (Å²) in [5.41, 5.74) is 0.940. The summed E-state index contributed by atoms with van der Waals surface area (Å²) in [6.45, 7) is 7.21. The Hall–Kier alpha value is -1.20. The van der Waals surface area contributed by atoms with Crippen LogP contribution in [0.3, 0.4) is 0 Å². The van der Waals surface area contributed by atoms with Gasteiger partial charge in [0.25, 0.3) is 0 Å². The van der Waals surface area contributed by atoms with Gasteiger partial charge in [-0.25, -0.2) is 0 Å². The highest BCUT2D eigenvalue weighted by molar-refractivity contribution is 9.10. The van der Waals surface area contributed by atoms with Crippen molar-refractivity contribution in [1.29, 1.82) is 0 Å². The first-order valence-corrected chi connectivity index (χ1v) is 7.83. The van der Waals surface area contributed by atoms with Crippen LogP contribution in [0.15, 0.2) is 33.2 Å². The minimum Gasteiger partial charge on any atom is -0.419 e. The maximum atomic E-state index is 5.76. The average molecular weight is 338 g/mol. The van der Waals surface area contributed by atoms with Crippen molar-refractivity contribution in [2.24, 2.45) is 0 Å². The number of hydrogen-bond donors (Lipinski definition) is 0. The topological polar surface area (TPSA) is 42.2 Å². The van der Waals surface area contributed by atoms with Crippen molar-refractivity contribution in [2.45, 2.75) is 33.2 Å². The summed E-state index contributed by atoms with van der Waals surface area (Å²) in [5.74, 6) is 1.26. The molecule has 4 nitrogen and oxygen atoms in total. The van der Waals surface area contributed by atoms with Crippen LogP contribution >= 0.6 is 15.9 Å². The van der Waals surface area contributed by atoms with Crippen molar-refractivity contribution in [1.82, 2.24) is 15.1 Å². The lowest BCUT2D eigenvalue weighted by atomic mass is 10.2. The highest BCUT2D eigenvalue weighted by Crippen LogP contribution is 2.22. The average Bonchev–Trinajstić information content (AvgIpc) is 2.88. The minimum absolute atomic E-state index is 0.578. The van der Waals surface area contributed by atoms with Gasteiger partial charge in [-0.2, -0.15) is 0 Å². The van der Waals surface area contributed by atoms with E-state index < -0.39 is 0 Å². The van der Waals surface area contributed by atoms with E-state index in [0.29, 0.717) is 11.8 Å². The third kappa shape index (κ3) is 4.15. The van der Waals surface area contributed by atoms with Crippen LogP contribution < -0.4 is 0 Å². The molecule has 0 atom stereocenters. The Morgan fingerprint density at radius 1 is 1.15 bits per heavy atom. The summed E-state index contributed by atoms with van der Waals surface area (Å²) in [4.78, 5) is 2.35. The zero-order valence-electron chi connectivity index (χ0n) is 12.0. The van der Waals surface area contributed by atoms with E-state index in [2.05, 4.69) is 44.9 Å². The lowest BCUT2D eigenvalue weighted by Gasteiger charge is -2.18. The number of benzene rings is 1. The van der Waals surface area contributed by atoms with E-state index in [-0.39, 0.29) is 0 Å². The van der Waals surface area contributed by atoms with Crippen molar-refractivity contribution in [3.8, 4) is 11.5 Å². The molecular formula is C15H20BrN3O. The smallest absolute Gasteiger partial charge is 0.247 e. The summed E-state index contributed by atoms with van der Waals surface area (Å²) in [7, 11) is 0. The molecule has 0 radical (unpaired) electrons. The highest BCUT2D eigenvalue weighted by atomic mass is 79.9. The molecule has 0 aliphatic carbocycles. The number of halogens is 1. The summed E-state index contributed by atoms with van der Waals surface area (Å²) in [5, 5.41) is 8.29. The van der Waals surface area contributed by atoms with Crippen LogP contribution in [0.1, 0.15) is 32.6 Å². The van der Waals surface area contributed by atoms with Crippen LogP contribution in [-0.4, -0.2) is 28.2 Å². The third-order valence-corrected chi connectivity index (χ3v) is 3.47. The van der Waals surface area contributed by atoms with Gasteiger partial charge >= 0.3 is 0 Å². The summed E-state index contributed by atoms with van der Waals surface area (Å²) in [6, 6.07) is 7.89. The standard InChI is InChI=1S/C15H20BrN3O/c1-3-8-19(9-4-2)11-14-17-18-15(20-14)12-6-5-7-13(16)10-12/h5-7,10H,3-4,8-9,11H2,1-2H3. The molecule has 108 valence electrons. The molecule has 2 rings (SSSR count). The van der Waals surface area contributed by atoms with Crippen molar-refractivity contribution in [2.75, 3.05) is 13.1 Å². The number of rotatable bonds is 7. The SMILES string of the molecule is CCCN(CCC)Cc1nnc(-c2cccc(Br)c2)o1. The van der Waals surface area contributed by atoms with E-state index in [1.807, 2.05) is 24.3 Å². The van der Waals surface area contributed by atoms with Crippen LogP contribution in [0.5, 0.6) is 0 Å². The Balaban J connectivity index is 2.08. The van der Waals surface area contributed by atoms with Gasteiger partial charge in [0.1, 0.15) is 0 Å². The monoisotopic (exact) mass is 337 g/mol. The second kappa shape index (κ2) is 7.55. The molecule has 0 unspecified atom stereocenters. The molecule has 0 N–H and O–H groups in total. The lowest BCUT2D eigenvalue weighted by molar-refractivity contribution is 0.240. The molecule has 1 aromatic heterocycles. The largest absolute Gasteiger partial charge is 0.419 e. The Labute approximate surface area is 128 Å². The summed E-state index contributed by atoms with van der Waals surface area (Å²) >= 11 is 3.45. The maximum Gasteiger partial charge on any atom is 0.247 e. The number of aromatic nitrogens is 2. The predicted octanol–water partition coefficient (Wildman–Crippen LogP) is 4.12. The molecule has 0 aliphatic heterocycles. The van der Waals surface area contributed by atoms with Gasteiger partial charge in [-0.3, -0.25) is 4.90 Å². The first kappa shape index (κ1) is 15.2. The fourth-order valence-electron chi connectivity index (χ4n) is 2.15. The second-order valence-corrected chi connectivity index (χ2v) is 5.70. The molecule has 0 aliphatic rings. The van der Waals surface area contributed by atoms with Crippen molar-refractivity contribution < 1.29 is 4.42 Å². The van der Waals surface area contributed by atoms with E-state index in [9.17, 15) is 0 Å². The third-order valence-electron chi connectivity index (χ3n) is 2.98. The normalized spacial score (nSPS) is 11.2. The summed E-state index contributed by atoms with van der Waals surface area (Å²) in [6.07, 6.45) is 2.26. The Morgan fingerprint density at radius 2 is 1.90 bits per heavy atom. The van der Waals surface area contributed by atoms with Crippen LogP contribution in [0, 0.1) is 0 Å². The fourth-order valence-corrected chi connectivity index (χ4v) is 2.55. The fraction of sp³-hybridized carbons (Fsp3) is 0.467. The molecule has 5 heteroatoms. The predicted molar refractivity (Wildman–Crippen MR) is 83.3 cm³/mol. The Bertz CT molecular complexity index is 535. The molecule has 0 saturated carbocycles.